The summed E-state index contributed by atoms with van der Waals surface area (Å²) in [6.07, 6.45) is 1.14. The van der Waals surface area contributed by atoms with E-state index in [1.54, 1.807) is 51.1 Å². The maximum absolute atomic E-state index is 12.0. The highest BCUT2D eigenvalue weighted by molar-refractivity contribution is 7.94. The van der Waals surface area contributed by atoms with Gasteiger partial charge in [0.05, 0.1) is 0 Å². The van der Waals surface area contributed by atoms with Gasteiger partial charge in [-0.1, -0.05) is 30.3 Å². The van der Waals surface area contributed by atoms with Crippen molar-refractivity contribution in [1.82, 2.24) is 4.72 Å². The molecular formula is C13H17NO4S. The van der Waals surface area contributed by atoms with E-state index in [0.29, 0.717) is 5.56 Å². The molecule has 19 heavy (non-hydrogen) atoms. The van der Waals surface area contributed by atoms with E-state index in [0.717, 1.165) is 6.08 Å². The summed E-state index contributed by atoms with van der Waals surface area (Å²) in [7, 11) is -4.07. The first-order chi connectivity index (χ1) is 8.62. The van der Waals surface area contributed by atoms with Crippen LogP contribution in [0.2, 0.25) is 0 Å². The molecule has 0 fully saturated rings. The Morgan fingerprint density at radius 3 is 2.16 bits per heavy atom. The average Bonchev–Trinajstić information content (AvgIpc) is 2.23. The second-order valence-corrected chi connectivity index (χ2v) is 6.73. The van der Waals surface area contributed by atoms with Crippen molar-refractivity contribution < 1.29 is 18.3 Å². The molecule has 1 aromatic carbocycles. The molecule has 2 N–H and O–H groups in total. The first-order valence-electron chi connectivity index (χ1n) is 5.66. The Morgan fingerprint density at radius 2 is 1.74 bits per heavy atom. The van der Waals surface area contributed by atoms with E-state index in [2.05, 4.69) is 4.72 Å². The minimum Gasteiger partial charge on any atom is -0.477 e. The van der Waals surface area contributed by atoms with Crippen molar-refractivity contribution in [2.24, 2.45) is 0 Å². The van der Waals surface area contributed by atoms with E-state index in [9.17, 15) is 13.2 Å². The van der Waals surface area contributed by atoms with Gasteiger partial charge in [-0.3, -0.25) is 0 Å². The van der Waals surface area contributed by atoms with Gasteiger partial charge in [0.25, 0.3) is 0 Å². The molecule has 0 bridgehead atoms. The molecule has 0 spiro atoms. The summed E-state index contributed by atoms with van der Waals surface area (Å²) in [5.74, 6) is -1.49. The molecule has 5 nitrogen and oxygen atoms in total. The van der Waals surface area contributed by atoms with Crippen LogP contribution in [0.4, 0.5) is 0 Å². The normalized spacial score (nSPS) is 13.3. The van der Waals surface area contributed by atoms with E-state index in [1.165, 1.54) is 0 Å². The van der Waals surface area contributed by atoms with Crippen molar-refractivity contribution in [3.63, 3.8) is 0 Å². The standard InChI is InChI=1S/C13H17NO4S/c1-13(2,3)14-19(17,18)11(12(15)16)9-10-7-5-4-6-8-10/h4-9,14H,1-3H3,(H,15,16). The van der Waals surface area contributed by atoms with E-state index in [1.807, 2.05) is 0 Å². The van der Waals surface area contributed by atoms with Gasteiger partial charge < -0.3 is 5.11 Å². The lowest BCUT2D eigenvalue weighted by Crippen LogP contribution is -2.42. The predicted molar refractivity (Wildman–Crippen MR) is 73.9 cm³/mol. The van der Waals surface area contributed by atoms with Crippen LogP contribution in [0.5, 0.6) is 0 Å². The van der Waals surface area contributed by atoms with Crippen molar-refractivity contribution in [2.75, 3.05) is 0 Å². The maximum Gasteiger partial charge on any atom is 0.348 e. The van der Waals surface area contributed by atoms with Crippen molar-refractivity contribution in [3.05, 3.63) is 40.8 Å². The van der Waals surface area contributed by atoms with Crippen molar-refractivity contribution in [2.45, 2.75) is 26.3 Å². The van der Waals surface area contributed by atoms with E-state index in [4.69, 9.17) is 5.11 Å². The number of nitrogens with one attached hydrogen (secondary N) is 1. The second-order valence-electron chi connectivity index (χ2n) is 5.08. The van der Waals surface area contributed by atoms with Crippen molar-refractivity contribution in [1.29, 1.82) is 0 Å². The number of sulfonamides is 1. The zero-order chi connectivity index (χ0) is 14.7. The molecule has 1 aromatic rings. The summed E-state index contributed by atoms with van der Waals surface area (Å²) < 4.78 is 26.4. The quantitative estimate of drug-likeness (QED) is 0.826. The van der Waals surface area contributed by atoms with Crippen LogP contribution in [0.1, 0.15) is 26.3 Å². The van der Waals surface area contributed by atoms with E-state index >= 15 is 0 Å². The first-order valence-corrected chi connectivity index (χ1v) is 7.14. The number of rotatable bonds is 4. The second kappa shape index (κ2) is 5.54. The average molecular weight is 283 g/mol. The van der Waals surface area contributed by atoms with Crippen molar-refractivity contribution in [3.8, 4) is 0 Å². The highest BCUT2D eigenvalue weighted by Gasteiger charge is 2.28. The number of aliphatic carboxylic acids is 1. The topological polar surface area (TPSA) is 83.5 Å². The Bertz CT molecular complexity index is 583. The summed E-state index contributed by atoms with van der Waals surface area (Å²) >= 11 is 0. The van der Waals surface area contributed by atoms with Crippen LogP contribution in [0.15, 0.2) is 35.2 Å². The van der Waals surface area contributed by atoms with Crippen LogP contribution in [0.25, 0.3) is 6.08 Å². The Kier molecular flexibility index (Phi) is 4.49. The molecule has 0 saturated carbocycles. The zero-order valence-corrected chi connectivity index (χ0v) is 11.9. The third-order valence-corrected chi connectivity index (χ3v) is 3.79. The molecule has 0 radical (unpaired) electrons. The number of carboxylic acid groups (broad SMARTS) is 1. The fraction of sp³-hybridized carbons (Fsp3) is 0.308. The lowest BCUT2D eigenvalue weighted by atomic mass is 10.1. The summed E-state index contributed by atoms with van der Waals surface area (Å²) in [6, 6.07) is 8.44. The molecule has 0 atom stereocenters. The largest absolute Gasteiger partial charge is 0.477 e. The van der Waals surface area contributed by atoms with Gasteiger partial charge in [-0.2, -0.15) is 0 Å². The smallest absolute Gasteiger partial charge is 0.348 e. The van der Waals surface area contributed by atoms with Gasteiger partial charge in [0.2, 0.25) is 10.0 Å². The summed E-state index contributed by atoms with van der Waals surface area (Å²) in [5.41, 5.74) is -0.233. The van der Waals surface area contributed by atoms with Gasteiger partial charge in [0.1, 0.15) is 0 Å². The third-order valence-electron chi connectivity index (χ3n) is 2.04. The lowest BCUT2D eigenvalue weighted by molar-refractivity contribution is -0.131. The van der Waals surface area contributed by atoms with Gasteiger partial charge in [-0.25, -0.2) is 17.9 Å². The third kappa shape index (κ3) is 4.84. The number of carbonyl (C=O) groups is 1. The van der Waals surface area contributed by atoms with E-state index in [-0.39, 0.29) is 0 Å². The highest BCUT2D eigenvalue weighted by Crippen LogP contribution is 2.15. The van der Waals surface area contributed by atoms with E-state index < -0.39 is 26.4 Å². The molecule has 6 heteroatoms. The Hall–Kier alpha value is -1.66. The first kappa shape index (κ1) is 15.4. The summed E-state index contributed by atoms with van der Waals surface area (Å²) in [5, 5.41) is 9.08. The van der Waals surface area contributed by atoms with Crippen LogP contribution >= 0.6 is 0 Å². The van der Waals surface area contributed by atoms with Crippen LogP contribution < -0.4 is 4.72 Å². The van der Waals surface area contributed by atoms with Crippen LogP contribution in [0, 0.1) is 0 Å². The molecule has 0 unspecified atom stereocenters. The SMILES string of the molecule is CC(C)(C)NS(=O)(=O)C(=Cc1ccccc1)C(=O)O. The Balaban J connectivity index is 3.23. The molecule has 0 amide bonds. The number of hydrogen-bond donors (Lipinski definition) is 2. The van der Waals surface area contributed by atoms with Crippen LogP contribution in [-0.4, -0.2) is 25.0 Å². The lowest BCUT2D eigenvalue weighted by Gasteiger charge is -2.20. The van der Waals surface area contributed by atoms with Gasteiger partial charge in [-0.15, -0.1) is 0 Å². The summed E-state index contributed by atoms with van der Waals surface area (Å²) in [4.78, 5) is 10.5. The van der Waals surface area contributed by atoms with Gasteiger partial charge in [0.15, 0.2) is 4.91 Å². The maximum atomic E-state index is 12.0. The Labute approximate surface area is 113 Å². The Morgan fingerprint density at radius 1 is 1.21 bits per heavy atom. The molecule has 1 rings (SSSR count). The predicted octanol–water partition coefficient (Wildman–Crippen LogP) is 1.83. The monoisotopic (exact) mass is 283 g/mol. The fourth-order valence-electron chi connectivity index (χ4n) is 1.41. The molecule has 0 aliphatic heterocycles. The fourth-order valence-corrected chi connectivity index (χ4v) is 2.85. The molecule has 0 aliphatic rings. The van der Waals surface area contributed by atoms with Gasteiger partial charge in [0, 0.05) is 5.54 Å². The molecule has 0 heterocycles. The number of carboxylic acids is 1. The van der Waals surface area contributed by atoms with Crippen LogP contribution in [0.3, 0.4) is 0 Å². The van der Waals surface area contributed by atoms with Gasteiger partial charge in [-0.05, 0) is 32.4 Å². The molecule has 0 aliphatic carbocycles. The minimum absolute atomic E-state index is 0.513. The molecule has 104 valence electrons. The van der Waals surface area contributed by atoms with Gasteiger partial charge >= 0.3 is 5.97 Å². The minimum atomic E-state index is -4.07. The van der Waals surface area contributed by atoms with Crippen LogP contribution in [-0.2, 0) is 14.8 Å². The molecular weight excluding hydrogens is 266 g/mol. The zero-order valence-electron chi connectivity index (χ0n) is 11.0. The van der Waals surface area contributed by atoms with Crippen molar-refractivity contribution >= 4 is 22.1 Å². The summed E-state index contributed by atoms with van der Waals surface area (Å²) in [6.45, 7) is 4.94. The number of hydrogen-bond acceptors (Lipinski definition) is 3. The number of benzene rings is 1. The molecule has 0 aromatic heterocycles. The molecule has 0 saturated heterocycles. The highest BCUT2D eigenvalue weighted by atomic mass is 32.2.